The Bertz CT molecular complexity index is 432. The first-order valence-electron chi connectivity index (χ1n) is 6.49. The third kappa shape index (κ3) is 2.82. The Balaban J connectivity index is 1.96. The molecule has 0 aliphatic heterocycles. The van der Waals surface area contributed by atoms with Crippen molar-refractivity contribution in [3.8, 4) is 5.75 Å². The molecular formula is C14H20N2O2. The molecule has 2 rings (SSSR count). The Kier molecular flexibility index (Phi) is 4.20. The van der Waals surface area contributed by atoms with Gasteiger partial charge in [0.15, 0.2) is 6.61 Å². The lowest BCUT2D eigenvalue weighted by Crippen LogP contribution is -2.29. The Morgan fingerprint density at radius 2 is 2.39 bits per heavy atom. The summed E-state index contributed by atoms with van der Waals surface area (Å²) in [6.07, 6.45) is 2.82. The number of carbonyl (C=O) groups is 1. The van der Waals surface area contributed by atoms with Gasteiger partial charge in [-0.15, -0.1) is 0 Å². The van der Waals surface area contributed by atoms with Gasteiger partial charge in [0.1, 0.15) is 5.75 Å². The highest BCUT2D eigenvalue weighted by atomic mass is 16.5. The Hall–Kier alpha value is -1.55. The van der Waals surface area contributed by atoms with Gasteiger partial charge in [0.2, 0.25) is 0 Å². The van der Waals surface area contributed by atoms with Crippen molar-refractivity contribution in [2.75, 3.05) is 13.2 Å². The first-order chi connectivity index (χ1) is 8.72. The van der Waals surface area contributed by atoms with Crippen LogP contribution in [0.2, 0.25) is 0 Å². The van der Waals surface area contributed by atoms with Crippen molar-refractivity contribution in [1.82, 2.24) is 5.32 Å². The second-order valence-electron chi connectivity index (χ2n) is 4.61. The van der Waals surface area contributed by atoms with Crippen LogP contribution in [0, 0.1) is 0 Å². The molecule has 1 atom stereocenters. The second kappa shape index (κ2) is 5.87. The maximum absolute atomic E-state index is 11.5. The fourth-order valence-electron chi connectivity index (χ4n) is 2.25. The van der Waals surface area contributed by atoms with Crippen molar-refractivity contribution >= 4 is 5.91 Å². The summed E-state index contributed by atoms with van der Waals surface area (Å²) in [6.45, 7) is 2.79. The number of nitrogens with two attached hydrogens (primary N) is 1. The predicted octanol–water partition coefficient (Wildman–Crippen LogP) is 1.54. The number of ether oxygens (including phenoxy) is 1. The van der Waals surface area contributed by atoms with Gasteiger partial charge in [-0.05, 0) is 36.5 Å². The second-order valence-corrected chi connectivity index (χ2v) is 4.61. The van der Waals surface area contributed by atoms with Gasteiger partial charge >= 0.3 is 0 Å². The molecule has 0 spiro atoms. The van der Waals surface area contributed by atoms with Crippen molar-refractivity contribution < 1.29 is 9.53 Å². The number of rotatable bonds is 5. The van der Waals surface area contributed by atoms with Crippen LogP contribution in [0.4, 0.5) is 0 Å². The molecule has 1 unspecified atom stereocenters. The lowest BCUT2D eigenvalue weighted by atomic mass is 10.1. The van der Waals surface area contributed by atoms with Gasteiger partial charge in [-0.1, -0.05) is 19.1 Å². The Labute approximate surface area is 108 Å². The van der Waals surface area contributed by atoms with E-state index in [0.29, 0.717) is 6.54 Å². The molecule has 18 heavy (non-hydrogen) atoms. The van der Waals surface area contributed by atoms with Gasteiger partial charge < -0.3 is 15.8 Å². The quantitative estimate of drug-likeness (QED) is 0.830. The standard InChI is InChI=1S/C14H20N2O2/c1-2-8-16-14(17)9-18-13-5-3-4-10-11(13)6-7-12(10)15/h3-5,12H,2,6-9,15H2,1H3,(H,16,17). The molecular weight excluding hydrogens is 228 g/mol. The molecule has 0 bridgehead atoms. The van der Waals surface area contributed by atoms with Gasteiger partial charge in [-0.25, -0.2) is 0 Å². The molecule has 4 nitrogen and oxygen atoms in total. The minimum Gasteiger partial charge on any atom is -0.483 e. The first kappa shape index (κ1) is 12.9. The third-order valence-corrected chi connectivity index (χ3v) is 3.21. The van der Waals surface area contributed by atoms with Gasteiger partial charge in [0.05, 0.1) is 0 Å². The van der Waals surface area contributed by atoms with E-state index in [1.807, 2.05) is 25.1 Å². The van der Waals surface area contributed by atoms with Gasteiger partial charge in [0, 0.05) is 12.6 Å². The van der Waals surface area contributed by atoms with Crippen molar-refractivity contribution in [3.63, 3.8) is 0 Å². The molecule has 98 valence electrons. The molecule has 1 aromatic rings. The van der Waals surface area contributed by atoms with Crippen molar-refractivity contribution in [2.24, 2.45) is 5.73 Å². The van der Waals surface area contributed by atoms with Crippen LogP contribution < -0.4 is 15.8 Å². The van der Waals surface area contributed by atoms with E-state index in [0.717, 1.165) is 36.1 Å². The molecule has 1 aliphatic carbocycles. The molecule has 0 saturated heterocycles. The molecule has 0 saturated carbocycles. The van der Waals surface area contributed by atoms with E-state index in [4.69, 9.17) is 10.5 Å². The minimum absolute atomic E-state index is 0.0725. The van der Waals surface area contributed by atoms with Crippen LogP contribution in [0.3, 0.4) is 0 Å². The maximum Gasteiger partial charge on any atom is 0.257 e. The average Bonchev–Trinajstić information content (AvgIpc) is 2.76. The largest absolute Gasteiger partial charge is 0.483 e. The number of hydrogen-bond donors (Lipinski definition) is 2. The average molecular weight is 248 g/mol. The zero-order chi connectivity index (χ0) is 13.0. The zero-order valence-corrected chi connectivity index (χ0v) is 10.7. The fraction of sp³-hybridized carbons (Fsp3) is 0.500. The molecule has 1 amide bonds. The number of nitrogens with one attached hydrogen (secondary N) is 1. The Morgan fingerprint density at radius 1 is 1.56 bits per heavy atom. The SMILES string of the molecule is CCCNC(=O)COc1cccc2c1CCC2N. The summed E-state index contributed by atoms with van der Waals surface area (Å²) in [5.41, 5.74) is 8.32. The number of benzene rings is 1. The van der Waals surface area contributed by atoms with Crippen LogP contribution in [0.1, 0.15) is 36.9 Å². The van der Waals surface area contributed by atoms with Gasteiger partial charge in [-0.2, -0.15) is 0 Å². The monoisotopic (exact) mass is 248 g/mol. The summed E-state index contributed by atoms with van der Waals surface area (Å²) >= 11 is 0. The van der Waals surface area contributed by atoms with Crippen LogP contribution in [0.5, 0.6) is 5.75 Å². The highest BCUT2D eigenvalue weighted by Gasteiger charge is 2.22. The van der Waals surface area contributed by atoms with E-state index < -0.39 is 0 Å². The topological polar surface area (TPSA) is 64.3 Å². The van der Waals surface area contributed by atoms with Crippen LogP contribution in [0.15, 0.2) is 18.2 Å². The molecule has 0 fully saturated rings. The predicted molar refractivity (Wildman–Crippen MR) is 70.5 cm³/mol. The molecule has 0 radical (unpaired) electrons. The fourth-order valence-corrected chi connectivity index (χ4v) is 2.25. The van der Waals surface area contributed by atoms with E-state index in [2.05, 4.69) is 5.32 Å². The van der Waals surface area contributed by atoms with E-state index in [1.54, 1.807) is 0 Å². The summed E-state index contributed by atoms with van der Waals surface area (Å²) in [7, 11) is 0. The molecule has 0 aromatic heterocycles. The molecule has 0 heterocycles. The maximum atomic E-state index is 11.5. The first-order valence-corrected chi connectivity index (χ1v) is 6.49. The van der Waals surface area contributed by atoms with Gasteiger partial charge in [0.25, 0.3) is 5.91 Å². The minimum atomic E-state index is -0.0725. The van der Waals surface area contributed by atoms with E-state index >= 15 is 0 Å². The van der Waals surface area contributed by atoms with E-state index in [9.17, 15) is 4.79 Å². The number of fused-ring (bicyclic) bond motifs is 1. The molecule has 1 aliphatic rings. The van der Waals surface area contributed by atoms with Crippen LogP contribution in [0.25, 0.3) is 0 Å². The summed E-state index contributed by atoms with van der Waals surface area (Å²) in [4.78, 5) is 11.5. The highest BCUT2D eigenvalue weighted by Crippen LogP contribution is 2.35. The summed E-state index contributed by atoms with van der Waals surface area (Å²) < 4.78 is 5.59. The zero-order valence-electron chi connectivity index (χ0n) is 10.7. The van der Waals surface area contributed by atoms with E-state index in [1.165, 1.54) is 0 Å². The summed E-state index contributed by atoms with van der Waals surface area (Å²) in [5, 5.41) is 2.79. The Morgan fingerprint density at radius 3 is 3.17 bits per heavy atom. The number of amides is 1. The number of hydrogen-bond acceptors (Lipinski definition) is 3. The van der Waals surface area contributed by atoms with Crippen LogP contribution in [-0.2, 0) is 11.2 Å². The van der Waals surface area contributed by atoms with E-state index in [-0.39, 0.29) is 18.6 Å². The normalized spacial score (nSPS) is 17.3. The lowest BCUT2D eigenvalue weighted by Gasteiger charge is -2.11. The highest BCUT2D eigenvalue weighted by molar-refractivity contribution is 5.77. The molecule has 1 aromatic carbocycles. The van der Waals surface area contributed by atoms with Crippen molar-refractivity contribution in [1.29, 1.82) is 0 Å². The van der Waals surface area contributed by atoms with Gasteiger partial charge in [-0.3, -0.25) is 4.79 Å². The third-order valence-electron chi connectivity index (χ3n) is 3.21. The van der Waals surface area contributed by atoms with Crippen molar-refractivity contribution in [3.05, 3.63) is 29.3 Å². The van der Waals surface area contributed by atoms with Crippen LogP contribution in [-0.4, -0.2) is 19.1 Å². The summed E-state index contributed by atoms with van der Waals surface area (Å²) in [5.74, 6) is 0.726. The molecule has 4 heteroatoms. The summed E-state index contributed by atoms with van der Waals surface area (Å²) in [6, 6.07) is 5.99. The smallest absolute Gasteiger partial charge is 0.257 e. The lowest BCUT2D eigenvalue weighted by molar-refractivity contribution is -0.123. The van der Waals surface area contributed by atoms with Crippen molar-refractivity contribution in [2.45, 2.75) is 32.2 Å². The molecule has 3 N–H and O–H groups in total. The number of carbonyl (C=O) groups excluding carboxylic acids is 1. The van der Waals surface area contributed by atoms with Crippen LogP contribution >= 0.6 is 0 Å².